The molecular weight excluding hydrogens is 196 g/mol. The van der Waals surface area contributed by atoms with Crippen molar-refractivity contribution >= 4 is 5.97 Å². The van der Waals surface area contributed by atoms with Crippen molar-refractivity contribution in [3.05, 3.63) is 12.1 Å². The van der Waals surface area contributed by atoms with E-state index in [1.807, 2.05) is 12.1 Å². The van der Waals surface area contributed by atoms with Gasteiger partial charge in [-0.15, -0.1) is 0 Å². The van der Waals surface area contributed by atoms with Gasteiger partial charge in [0.15, 0.2) is 11.5 Å². The second kappa shape index (κ2) is 4.68. The van der Waals surface area contributed by atoms with Crippen molar-refractivity contribution in [3.8, 4) is 22.6 Å². The maximum absolute atomic E-state index is 9.59. The van der Waals surface area contributed by atoms with E-state index in [1.165, 1.54) is 25.2 Å². The summed E-state index contributed by atoms with van der Waals surface area (Å²) in [5.41, 5.74) is 2.39. The topological polar surface area (TPSA) is 44.8 Å². The van der Waals surface area contributed by atoms with Gasteiger partial charge in [0.1, 0.15) is 0 Å². The van der Waals surface area contributed by atoms with Crippen LogP contribution in [0.15, 0.2) is 12.1 Å². The summed E-state index contributed by atoms with van der Waals surface area (Å²) < 4.78 is 14.2. The predicted octanol–water partition coefficient (Wildman–Crippen LogP) is 1.86. The molecule has 0 fully saturated rings. The number of esters is 1. The maximum Gasteiger partial charge on any atom is 0.302 e. The molecule has 4 nitrogen and oxygen atoms in total. The number of hydrogen-bond acceptors (Lipinski definition) is 4. The highest BCUT2D eigenvalue weighted by Crippen LogP contribution is 2.54. The van der Waals surface area contributed by atoms with Gasteiger partial charge in [-0.2, -0.15) is 0 Å². The molecule has 0 aromatic carbocycles. The normalized spacial score (nSPS) is 9.60. The second-order valence-corrected chi connectivity index (χ2v) is 2.92. The van der Waals surface area contributed by atoms with E-state index in [2.05, 4.69) is 4.74 Å². The molecule has 0 saturated heterocycles. The van der Waals surface area contributed by atoms with E-state index in [4.69, 9.17) is 9.47 Å². The van der Waals surface area contributed by atoms with Gasteiger partial charge in [0.05, 0.1) is 21.3 Å². The summed E-state index contributed by atoms with van der Waals surface area (Å²) in [6, 6.07) is 4.05. The minimum Gasteiger partial charge on any atom is -0.492 e. The molecule has 0 aliphatic heterocycles. The highest BCUT2D eigenvalue weighted by atomic mass is 16.5. The molecule has 4 heteroatoms. The van der Waals surface area contributed by atoms with E-state index in [1.54, 1.807) is 14.2 Å². The molecule has 0 amide bonds. The zero-order chi connectivity index (χ0) is 11.4. The van der Waals surface area contributed by atoms with Crippen LogP contribution in [0.25, 0.3) is 11.1 Å². The molecule has 0 saturated carbocycles. The third kappa shape index (κ3) is 2.03. The summed E-state index contributed by atoms with van der Waals surface area (Å²) in [6.45, 7) is 1.36. The van der Waals surface area contributed by atoms with Gasteiger partial charge in [-0.3, -0.25) is 4.79 Å². The van der Waals surface area contributed by atoms with Crippen molar-refractivity contribution in [1.82, 2.24) is 0 Å². The lowest BCUT2D eigenvalue weighted by Gasteiger charge is -2.24. The van der Waals surface area contributed by atoms with Crippen LogP contribution in [-0.4, -0.2) is 27.3 Å². The Morgan fingerprint density at radius 3 is 1.47 bits per heavy atom. The Balaban J connectivity index is 0.000000195. The van der Waals surface area contributed by atoms with Gasteiger partial charge in [-0.25, -0.2) is 0 Å². The molecular formula is C11H14O4. The first-order chi connectivity index (χ1) is 7.15. The lowest BCUT2D eigenvalue weighted by molar-refractivity contribution is -0.137. The first-order valence-electron chi connectivity index (χ1n) is 4.45. The van der Waals surface area contributed by atoms with Crippen LogP contribution in [0, 0.1) is 0 Å². The van der Waals surface area contributed by atoms with E-state index >= 15 is 0 Å². The third-order valence-corrected chi connectivity index (χ3v) is 2.10. The average molecular weight is 210 g/mol. The lowest BCUT2D eigenvalue weighted by Crippen LogP contribution is -2.03. The van der Waals surface area contributed by atoms with Gasteiger partial charge in [-0.1, -0.05) is 0 Å². The van der Waals surface area contributed by atoms with Crippen molar-refractivity contribution in [2.45, 2.75) is 6.92 Å². The monoisotopic (exact) mass is 210 g/mol. The van der Waals surface area contributed by atoms with Gasteiger partial charge in [-0.05, 0) is 12.1 Å². The molecule has 0 aromatic heterocycles. The number of rotatable bonds is 2. The Kier molecular flexibility index (Phi) is 3.55. The van der Waals surface area contributed by atoms with E-state index in [0.29, 0.717) is 0 Å². The summed E-state index contributed by atoms with van der Waals surface area (Å²) in [7, 11) is 4.66. The third-order valence-electron chi connectivity index (χ3n) is 2.10. The Labute approximate surface area is 88.8 Å². The minimum atomic E-state index is -0.245. The van der Waals surface area contributed by atoms with Crippen molar-refractivity contribution in [1.29, 1.82) is 0 Å². The number of methoxy groups -OCH3 is 3. The van der Waals surface area contributed by atoms with Gasteiger partial charge < -0.3 is 14.2 Å². The number of carbonyl (C=O) groups excluding carboxylic acids is 1. The lowest BCUT2D eigenvalue weighted by atomic mass is 9.90. The molecule has 0 atom stereocenters. The average Bonchev–Trinajstić information content (AvgIpc) is 2.21. The molecule has 2 rings (SSSR count). The van der Waals surface area contributed by atoms with E-state index < -0.39 is 0 Å². The van der Waals surface area contributed by atoms with Crippen LogP contribution in [0.3, 0.4) is 0 Å². The minimum absolute atomic E-state index is 0.245. The standard InChI is InChI=1S/C8H8O2.C3H6O2/c1-9-7-5-3-4-6(5)8(7)10-2;1-3(4)5-2/h3-4H,1-2H3;1-2H3. The second-order valence-electron chi connectivity index (χ2n) is 2.92. The van der Waals surface area contributed by atoms with Crippen molar-refractivity contribution in [3.63, 3.8) is 0 Å². The first-order valence-corrected chi connectivity index (χ1v) is 4.45. The number of benzene rings is 1. The summed E-state index contributed by atoms with van der Waals surface area (Å²) in [4.78, 5) is 9.59. The summed E-state index contributed by atoms with van der Waals surface area (Å²) >= 11 is 0. The Hall–Kier alpha value is -1.71. The summed E-state index contributed by atoms with van der Waals surface area (Å²) in [5.74, 6) is 1.53. The predicted molar refractivity (Wildman–Crippen MR) is 56.2 cm³/mol. The molecule has 0 unspecified atom stereocenters. The van der Waals surface area contributed by atoms with Crippen LogP contribution in [-0.2, 0) is 9.53 Å². The molecule has 0 radical (unpaired) electrons. The summed E-state index contributed by atoms with van der Waals surface area (Å²) in [5, 5.41) is 0. The summed E-state index contributed by atoms with van der Waals surface area (Å²) in [6.07, 6.45) is 0. The van der Waals surface area contributed by atoms with Crippen LogP contribution in [0.4, 0.5) is 0 Å². The van der Waals surface area contributed by atoms with Gasteiger partial charge in [0, 0.05) is 18.1 Å². The fraction of sp³-hybridized carbons (Fsp3) is 0.364. The van der Waals surface area contributed by atoms with E-state index in [0.717, 1.165) is 11.5 Å². The molecule has 0 spiro atoms. The van der Waals surface area contributed by atoms with Crippen LogP contribution in [0.1, 0.15) is 6.92 Å². The molecule has 0 N–H and O–H groups in total. The van der Waals surface area contributed by atoms with Gasteiger partial charge in [0.2, 0.25) is 0 Å². The molecule has 2 aliphatic carbocycles. The largest absolute Gasteiger partial charge is 0.492 e. The van der Waals surface area contributed by atoms with Crippen molar-refractivity contribution < 1.29 is 19.0 Å². The fourth-order valence-corrected chi connectivity index (χ4v) is 1.23. The number of ether oxygens (including phenoxy) is 3. The molecule has 82 valence electrons. The highest BCUT2D eigenvalue weighted by molar-refractivity contribution is 5.93. The molecule has 15 heavy (non-hydrogen) atoms. The Morgan fingerprint density at radius 1 is 1.00 bits per heavy atom. The Bertz CT molecular complexity index is 342. The van der Waals surface area contributed by atoms with Crippen LogP contribution in [0.2, 0.25) is 0 Å². The maximum atomic E-state index is 9.59. The number of carbonyl (C=O) groups is 1. The SMILES string of the molecule is COC(C)=O.COc1c2ccc-2c1OC. The molecule has 2 aliphatic rings. The number of hydrogen-bond donors (Lipinski definition) is 0. The van der Waals surface area contributed by atoms with Crippen molar-refractivity contribution in [2.24, 2.45) is 0 Å². The van der Waals surface area contributed by atoms with Crippen LogP contribution < -0.4 is 9.47 Å². The molecule has 0 bridgehead atoms. The smallest absolute Gasteiger partial charge is 0.302 e. The van der Waals surface area contributed by atoms with Crippen LogP contribution >= 0.6 is 0 Å². The van der Waals surface area contributed by atoms with E-state index in [9.17, 15) is 4.79 Å². The van der Waals surface area contributed by atoms with Crippen LogP contribution in [0.5, 0.6) is 11.5 Å². The zero-order valence-electron chi connectivity index (χ0n) is 9.29. The first kappa shape index (κ1) is 11.4. The number of fused-ring (bicyclic) bond motifs is 1. The Morgan fingerprint density at radius 2 is 1.33 bits per heavy atom. The molecule has 0 aromatic rings. The van der Waals surface area contributed by atoms with E-state index in [-0.39, 0.29) is 5.97 Å². The highest BCUT2D eigenvalue weighted by Gasteiger charge is 2.27. The van der Waals surface area contributed by atoms with Gasteiger partial charge >= 0.3 is 5.97 Å². The quantitative estimate of drug-likeness (QED) is 0.710. The van der Waals surface area contributed by atoms with Gasteiger partial charge in [0.25, 0.3) is 0 Å². The fourth-order valence-electron chi connectivity index (χ4n) is 1.23. The molecule has 0 heterocycles. The zero-order valence-corrected chi connectivity index (χ0v) is 9.29. The van der Waals surface area contributed by atoms with Crippen molar-refractivity contribution in [2.75, 3.05) is 21.3 Å².